The van der Waals surface area contributed by atoms with Crippen molar-refractivity contribution in [2.24, 2.45) is 0 Å². The van der Waals surface area contributed by atoms with Crippen molar-refractivity contribution < 1.29 is 19.2 Å². The molecule has 0 atom stereocenters. The van der Waals surface area contributed by atoms with Gasteiger partial charge in [-0.1, -0.05) is 5.92 Å². The van der Waals surface area contributed by atoms with Gasteiger partial charge in [0.05, 0.1) is 5.56 Å². The van der Waals surface area contributed by atoms with E-state index in [1.54, 1.807) is 12.1 Å². The molecule has 1 heterocycles. The maximum absolute atomic E-state index is 11.7. The Bertz CT molecular complexity index is 537. The molecule has 5 heteroatoms. The number of carbonyl (C=O) groups excluding carboxylic acids is 3. The fraction of sp³-hybridized carbons (Fsp3) is 0.154. The van der Waals surface area contributed by atoms with E-state index in [-0.39, 0.29) is 18.4 Å². The second-order valence-electron chi connectivity index (χ2n) is 3.68. The third-order valence-electron chi connectivity index (χ3n) is 2.47. The van der Waals surface area contributed by atoms with E-state index in [0.717, 1.165) is 0 Å². The molecule has 90 valence electrons. The topological polar surface area (TPSA) is 63.7 Å². The Kier molecular flexibility index (Phi) is 3.11. The van der Waals surface area contributed by atoms with E-state index in [1.807, 2.05) is 0 Å². The zero-order chi connectivity index (χ0) is 13.1. The van der Waals surface area contributed by atoms with Crippen LogP contribution in [0.4, 0.5) is 0 Å². The molecule has 1 fully saturated rings. The van der Waals surface area contributed by atoms with Crippen LogP contribution in [-0.2, 0) is 14.4 Å². The smallest absolute Gasteiger partial charge is 0.325 e. The van der Waals surface area contributed by atoms with Crippen LogP contribution < -0.4 is 0 Å². The molecule has 0 spiro atoms. The summed E-state index contributed by atoms with van der Waals surface area (Å²) in [5.41, 5.74) is 0.848. The van der Waals surface area contributed by atoms with E-state index in [1.165, 1.54) is 12.1 Å². The first-order chi connectivity index (χ1) is 8.61. The predicted molar refractivity (Wildman–Crippen MR) is 60.9 cm³/mol. The van der Waals surface area contributed by atoms with Crippen molar-refractivity contribution in [1.82, 2.24) is 5.06 Å². The number of benzene rings is 1. The number of amides is 2. The van der Waals surface area contributed by atoms with Crippen LogP contribution in [0.2, 0.25) is 0 Å². The molecule has 0 saturated carbocycles. The summed E-state index contributed by atoms with van der Waals surface area (Å²) in [6, 6.07) is 6.10. The van der Waals surface area contributed by atoms with Gasteiger partial charge in [-0.3, -0.25) is 9.59 Å². The molecular weight excluding hydrogens is 234 g/mol. The van der Waals surface area contributed by atoms with Crippen molar-refractivity contribution >= 4 is 17.8 Å². The maximum atomic E-state index is 11.7. The molecule has 0 aromatic heterocycles. The van der Waals surface area contributed by atoms with Gasteiger partial charge in [0.2, 0.25) is 0 Å². The molecule has 0 aliphatic carbocycles. The summed E-state index contributed by atoms with van der Waals surface area (Å²) in [5, 5.41) is 0.511. The van der Waals surface area contributed by atoms with Gasteiger partial charge in [-0.2, -0.15) is 0 Å². The second kappa shape index (κ2) is 4.72. The minimum Gasteiger partial charge on any atom is -0.325 e. The number of imide groups is 1. The maximum Gasteiger partial charge on any atom is 0.363 e. The van der Waals surface area contributed by atoms with Gasteiger partial charge >= 0.3 is 5.97 Å². The molecule has 1 aliphatic heterocycles. The van der Waals surface area contributed by atoms with Crippen molar-refractivity contribution in [3.63, 3.8) is 0 Å². The third-order valence-corrected chi connectivity index (χ3v) is 2.47. The van der Waals surface area contributed by atoms with E-state index < -0.39 is 17.8 Å². The normalized spacial score (nSPS) is 14.5. The minimum absolute atomic E-state index is 0.0716. The molecule has 1 aromatic rings. The fourth-order valence-electron chi connectivity index (χ4n) is 1.50. The lowest BCUT2D eigenvalue weighted by Gasteiger charge is -2.12. The summed E-state index contributed by atoms with van der Waals surface area (Å²) < 4.78 is 0. The van der Waals surface area contributed by atoms with E-state index in [2.05, 4.69) is 5.92 Å². The Labute approximate surface area is 103 Å². The molecule has 18 heavy (non-hydrogen) atoms. The quantitative estimate of drug-likeness (QED) is 0.571. The van der Waals surface area contributed by atoms with Crippen LogP contribution in [0.5, 0.6) is 0 Å². The van der Waals surface area contributed by atoms with Crippen LogP contribution in [-0.4, -0.2) is 22.8 Å². The highest BCUT2D eigenvalue weighted by Crippen LogP contribution is 2.14. The van der Waals surface area contributed by atoms with Gasteiger partial charge in [0, 0.05) is 18.4 Å². The van der Waals surface area contributed by atoms with Gasteiger partial charge in [-0.15, -0.1) is 11.5 Å². The molecule has 0 radical (unpaired) electrons. The Morgan fingerprint density at radius 2 is 1.72 bits per heavy atom. The Morgan fingerprint density at radius 1 is 1.17 bits per heavy atom. The highest BCUT2D eigenvalue weighted by molar-refractivity contribution is 6.02. The van der Waals surface area contributed by atoms with Crippen molar-refractivity contribution in [1.29, 1.82) is 0 Å². The lowest BCUT2D eigenvalue weighted by molar-refractivity contribution is -0.172. The fourth-order valence-corrected chi connectivity index (χ4v) is 1.50. The van der Waals surface area contributed by atoms with Crippen LogP contribution in [0, 0.1) is 12.3 Å². The van der Waals surface area contributed by atoms with Gasteiger partial charge < -0.3 is 4.84 Å². The number of nitrogens with zero attached hydrogens (tertiary/aromatic N) is 1. The Balaban J connectivity index is 2.10. The van der Waals surface area contributed by atoms with Gasteiger partial charge in [-0.05, 0) is 24.3 Å². The predicted octanol–water partition coefficient (Wildman–Crippen LogP) is 0.889. The van der Waals surface area contributed by atoms with Gasteiger partial charge in [0.15, 0.2) is 0 Å². The van der Waals surface area contributed by atoms with Crippen molar-refractivity contribution in [3.8, 4) is 12.3 Å². The van der Waals surface area contributed by atoms with Crippen molar-refractivity contribution in [2.75, 3.05) is 0 Å². The van der Waals surface area contributed by atoms with Crippen molar-refractivity contribution in [3.05, 3.63) is 35.4 Å². The number of hydrogen-bond donors (Lipinski definition) is 0. The number of rotatable bonds is 2. The Hall–Kier alpha value is -2.61. The van der Waals surface area contributed by atoms with E-state index in [9.17, 15) is 14.4 Å². The van der Waals surface area contributed by atoms with Gasteiger partial charge in [-0.25, -0.2) is 4.79 Å². The monoisotopic (exact) mass is 243 g/mol. The van der Waals surface area contributed by atoms with Crippen LogP contribution in [0.15, 0.2) is 24.3 Å². The average Bonchev–Trinajstić information content (AvgIpc) is 2.70. The molecule has 1 aromatic carbocycles. The summed E-state index contributed by atoms with van der Waals surface area (Å²) >= 11 is 0. The molecular formula is C13H9NO4. The zero-order valence-electron chi connectivity index (χ0n) is 9.38. The number of terminal acetylenes is 1. The summed E-state index contributed by atoms with van der Waals surface area (Å²) in [6.45, 7) is 0. The highest BCUT2D eigenvalue weighted by Gasteiger charge is 2.33. The molecule has 1 aliphatic rings. The standard InChI is InChI=1S/C13H9NO4/c1-2-9-3-5-10(6-4-9)13(17)18-14-11(15)7-8-12(14)16/h1,3-6H,7-8H2. The lowest BCUT2D eigenvalue weighted by atomic mass is 10.1. The summed E-state index contributed by atoms with van der Waals surface area (Å²) in [6.07, 6.45) is 5.32. The van der Waals surface area contributed by atoms with E-state index in [4.69, 9.17) is 11.3 Å². The van der Waals surface area contributed by atoms with Crippen LogP contribution >= 0.6 is 0 Å². The first-order valence-corrected chi connectivity index (χ1v) is 5.26. The van der Waals surface area contributed by atoms with E-state index >= 15 is 0 Å². The molecule has 2 rings (SSSR count). The molecule has 1 saturated heterocycles. The zero-order valence-corrected chi connectivity index (χ0v) is 9.38. The summed E-state index contributed by atoms with van der Waals surface area (Å²) in [5.74, 6) is 0.636. The highest BCUT2D eigenvalue weighted by atomic mass is 16.7. The van der Waals surface area contributed by atoms with Crippen molar-refractivity contribution in [2.45, 2.75) is 12.8 Å². The third kappa shape index (κ3) is 2.23. The number of hydrogen-bond acceptors (Lipinski definition) is 4. The van der Waals surface area contributed by atoms with Crippen LogP contribution in [0.1, 0.15) is 28.8 Å². The molecule has 2 amide bonds. The van der Waals surface area contributed by atoms with E-state index in [0.29, 0.717) is 10.6 Å². The number of carbonyl (C=O) groups is 3. The molecule has 5 nitrogen and oxygen atoms in total. The van der Waals surface area contributed by atoms with Crippen LogP contribution in [0.25, 0.3) is 0 Å². The summed E-state index contributed by atoms with van der Waals surface area (Å²) in [7, 11) is 0. The first-order valence-electron chi connectivity index (χ1n) is 5.26. The van der Waals surface area contributed by atoms with Gasteiger partial charge in [0.25, 0.3) is 11.8 Å². The first kappa shape index (κ1) is 11.9. The lowest BCUT2D eigenvalue weighted by Crippen LogP contribution is -2.32. The van der Waals surface area contributed by atoms with Gasteiger partial charge in [0.1, 0.15) is 0 Å². The summed E-state index contributed by atoms with van der Waals surface area (Å²) in [4.78, 5) is 38.9. The molecule has 0 unspecified atom stereocenters. The molecule has 0 N–H and O–H groups in total. The largest absolute Gasteiger partial charge is 0.363 e. The Morgan fingerprint density at radius 3 is 2.22 bits per heavy atom. The molecule has 0 bridgehead atoms. The minimum atomic E-state index is -0.762. The van der Waals surface area contributed by atoms with Crippen LogP contribution in [0.3, 0.4) is 0 Å². The number of hydroxylamine groups is 2. The SMILES string of the molecule is C#Cc1ccc(C(=O)ON2C(=O)CCC2=O)cc1. The average molecular weight is 243 g/mol. The second-order valence-corrected chi connectivity index (χ2v) is 3.68.